The average Bonchev–Trinajstić information content (AvgIpc) is 2.57. The lowest BCUT2D eigenvalue weighted by Crippen LogP contribution is -1.99. The highest BCUT2D eigenvalue weighted by atomic mass is 35.5. The van der Waals surface area contributed by atoms with Crippen molar-refractivity contribution in [3.63, 3.8) is 0 Å². The molecule has 1 aromatic rings. The van der Waals surface area contributed by atoms with E-state index < -0.39 is 0 Å². The number of nitrogens with zero attached hydrogens (tertiary/aromatic N) is 1. The fraction of sp³-hybridized carbons (Fsp3) is 0.739. The number of hydrogen-bond donors (Lipinski definition) is 0. The predicted molar refractivity (Wildman–Crippen MR) is 116 cm³/mol. The number of aryl methyl sites for hydroxylation is 1. The van der Waals surface area contributed by atoms with Crippen molar-refractivity contribution in [3.8, 4) is 0 Å². The molecular weight excluding hydrogens is 326 g/mol. The lowest BCUT2D eigenvalue weighted by molar-refractivity contribution is 0.505. The zero-order valence-corrected chi connectivity index (χ0v) is 18.3. The van der Waals surface area contributed by atoms with Gasteiger partial charge < -0.3 is 4.90 Å². The Balaban J connectivity index is 0.00000129. The van der Waals surface area contributed by atoms with E-state index in [1.54, 1.807) is 0 Å². The summed E-state index contributed by atoms with van der Waals surface area (Å²) in [7, 11) is 6.00. The van der Waals surface area contributed by atoms with E-state index in [0.29, 0.717) is 5.88 Å². The molecule has 0 heterocycles. The molecule has 25 heavy (non-hydrogen) atoms. The van der Waals surface area contributed by atoms with E-state index in [1.807, 2.05) is 26.0 Å². The van der Waals surface area contributed by atoms with Gasteiger partial charge in [-0.3, -0.25) is 0 Å². The fourth-order valence-electron chi connectivity index (χ4n) is 2.96. The van der Waals surface area contributed by atoms with Crippen molar-refractivity contribution in [1.82, 2.24) is 4.90 Å². The number of alkyl halides is 1. The van der Waals surface area contributed by atoms with Gasteiger partial charge >= 0.3 is 0 Å². The highest BCUT2D eigenvalue weighted by molar-refractivity contribution is 6.17. The topological polar surface area (TPSA) is 3.24 Å². The van der Waals surface area contributed by atoms with Crippen LogP contribution in [0.5, 0.6) is 0 Å². The molecule has 0 N–H and O–H groups in total. The van der Waals surface area contributed by atoms with Crippen molar-refractivity contribution in [2.24, 2.45) is 0 Å². The Labute approximate surface area is 163 Å². The van der Waals surface area contributed by atoms with Gasteiger partial charge in [0.15, 0.2) is 0 Å². The highest BCUT2D eigenvalue weighted by Crippen LogP contribution is 2.18. The van der Waals surface area contributed by atoms with E-state index in [4.69, 9.17) is 11.6 Å². The van der Waals surface area contributed by atoms with Gasteiger partial charge in [0, 0.05) is 5.88 Å². The first-order valence-corrected chi connectivity index (χ1v) is 10.8. The minimum atomic E-state index is 0.637. The maximum Gasteiger partial charge on any atom is 0.0476 e. The molecule has 2 heteroatoms. The van der Waals surface area contributed by atoms with Gasteiger partial charge in [-0.25, -0.2) is 0 Å². The van der Waals surface area contributed by atoms with Gasteiger partial charge in [0.25, 0.3) is 0 Å². The second-order valence-electron chi connectivity index (χ2n) is 7.61. The van der Waals surface area contributed by atoms with Crippen LogP contribution in [0.25, 0.3) is 0 Å². The third-order valence-corrected chi connectivity index (χ3v) is 4.79. The van der Waals surface area contributed by atoms with Crippen LogP contribution < -0.4 is 0 Å². The van der Waals surface area contributed by atoms with Crippen molar-refractivity contribution in [3.05, 3.63) is 34.9 Å². The molecule has 0 fully saturated rings. The Kier molecular flexibility index (Phi) is 16.6. The molecule has 1 aromatic carbocycles. The molecule has 0 aliphatic heterocycles. The van der Waals surface area contributed by atoms with Crippen LogP contribution in [-0.4, -0.2) is 26.0 Å². The number of rotatable bonds is 12. The average molecular weight is 368 g/mol. The standard InChI is InChI=1S/C20H33Cl.C3H9N/c1-3-4-5-6-7-8-9-10-11-12-14-19-15-13-16-20(17-21)18(19)2;1-4(2)3/h13,15-16H,3-12,14,17H2,1-2H3;1-3H3. The lowest BCUT2D eigenvalue weighted by atomic mass is 9.98. The summed E-state index contributed by atoms with van der Waals surface area (Å²) < 4.78 is 0. The van der Waals surface area contributed by atoms with Gasteiger partial charge in [0.05, 0.1) is 0 Å². The SMILES string of the molecule is CCCCCCCCCCCCc1cccc(CCl)c1C.CN(C)C. The van der Waals surface area contributed by atoms with Crippen LogP contribution in [0.15, 0.2) is 18.2 Å². The smallest absolute Gasteiger partial charge is 0.0476 e. The molecule has 1 rings (SSSR count). The Morgan fingerprint density at radius 3 is 1.68 bits per heavy atom. The largest absolute Gasteiger partial charge is 0.312 e. The summed E-state index contributed by atoms with van der Waals surface area (Å²) in [6.07, 6.45) is 15.3. The maximum atomic E-state index is 5.97. The number of unbranched alkanes of at least 4 members (excludes halogenated alkanes) is 9. The molecule has 0 unspecified atom stereocenters. The molecule has 146 valence electrons. The van der Waals surface area contributed by atoms with Gasteiger partial charge in [0.1, 0.15) is 0 Å². The minimum Gasteiger partial charge on any atom is -0.312 e. The monoisotopic (exact) mass is 367 g/mol. The van der Waals surface area contributed by atoms with Crippen molar-refractivity contribution < 1.29 is 0 Å². The van der Waals surface area contributed by atoms with E-state index in [1.165, 1.54) is 87.3 Å². The van der Waals surface area contributed by atoms with E-state index in [2.05, 4.69) is 32.0 Å². The van der Waals surface area contributed by atoms with Crippen LogP contribution >= 0.6 is 11.6 Å². The number of hydrogen-bond acceptors (Lipinski definition) is 1. The lowest BCUT2D eigenvalue weighted by Gasteiger charge is -2.09. The zero-order chi connectivity index (χ0) is 18.9. The molecule has 0 aliphatic rings. The normalized spacial score (nSPS) is 10.7. The van der Waals surface area contributed by atoms with Gasteiger partial charge in [-0.2, -0.15) is 0 Å². The Hall–Kier alpha value is -0.530. The summed E-state index contributed by atoms with van der Waals surface area (Å²) >= 11 is 5.97. The van der Waals surface area contributed by atoms with Crippen molar-refractivity contribution in [2.75, 3.05) is 21.1 Å². The molecule has 0 saturated heterocycles. The quantitative estimate of drug-likeness (QED) is 0.275. The van der Waals surface area contributed by atoms with Crippen LogP contribution in [0.1, 0.15) is 87.8 Å². The summed E-state index contributed by atoms with van der Waals surface area (Å²) in [6, 6.07) is 6.56. The first-order chi connectivity index (χ1) is 12.0. The maximum absolute atomic E-state index is 5.97. The van der Waals surface area contributed by atoms with Gasteiger partial charge in [-0.15, -0.1) is 11.6 Å². The summed E-state index contributed by atoms with van der Waals surface area (Å²) in [4.78, 5) is 2.00. The fourth-order valence-corrected chi connectivity index (χ4v) is 3.24. The van der Waals surface area contributed by atoms with Gasteiger partial charge in [-0.1, -0.05) is 82.9 Å². The van der Waals surface area contributed by atoms with E-state index in [-0.39, 0.29) is 0 Å². The molecule has 0 aliphatic carbocycles. The molecule has 0 spiro atoms. The first kappa shape index (κ1) is 24.5. The number of benzene rings is 1. The van der Waals surface area contributed by atoms with E-state index in [0.717, 1.165) is 0 Å². The van der Waals surface area contributed by atoms with Gasteiger partial charge in [-0.05, 0) is 57.6 Å². The van der Waals surface area contributed by atoms with Crippen LogP contribution in [0.3, 0.4) is 0 Å². The van der Waals surface area contributed by atoms with E-state index >= 15 is 0 Å². The summed E-state index contributed by atoms with van der Waals surface area (Å²) in [5.74, 6) is 0.637. The van der Waals surface area contributed by atoms with Crippen molar-refractivity contribution in [1.29, 1.82) is 0 Å². The van der Waals surface area contributed by atoms with Crippen molar-refractivity contribution in [2.45, 2.75) is 90.4 Å². The van der Waals surface area contributed by atoms with E-state index in [9.17, 15) is 0 Å². The molecule has 0 atom stereocenters. The number of halogens is 1. The van der Waals surface area contributed by atoms with Gasteiger partial charge in [0.2, 0.25) is 0 Å². The highest BCUT2D eigenvalue weighted by Gasteiger charge is 2.02. The Bertz CT molecular complexity index is 412. The Morgan fingerprint density at radius 1 is 0.760 bits per heavy atom. The molecule has 0 saturated carbocycles. The van der Waals surface area contributed by atoms with Crippen LogP contribution in [-0.2, 0) is 12.3 Å². The molecule has 0 radical (unpaired) electrons. The molecule has 0 amide bonds. The van der Waals surface area contributed by atoms with Crippen molar-refractivity contribution >= 4 is 11.6 Å². The third-order valence-electron chi connectivity index (χ3n) is 4.50. The van der Waals surface area contributed by atoms with Crippen LogP contribution in [0.4, 0.5) is 0 Å². The molecule has 0 aromatic heterocycles. The second-order valence-corrected chi connectivity index (χ2v) is 7.88. The molecule has 0 bridgehead atoms. The van der Waals surface area contributed by atoms with Crippen LogP contribution in [0, 0.1) is 6.92 Å². The minimum absolute atomic E-state index is 0.637. The summed E-state index contributed by atoms with van der Waals surface area (Å²) in [6.45, 7) is 4.49. The first-order valence-electron chi connectivity index (χ1n) is 10.3. The zero-order valence-electron chi connectivity index (χ0n) is 17.5. The second kappa shape index (κ2) is 16.9. The molecular formula is C23H42ClN. The summed E-state index contributed by atoms with van der Waals surface area (Å²) in [5, 5.41) is 0. The van der Waals surface area contributed by atoms with Crippen LogP contribution in [0.2, 0.25) is 0 Å². The predicted octanol–water partition coefficient (Wildman–Crippen LogP) is 7.38. The Morgan fingerprint density at radius 2 is 1.20 bits per heavy atom. The third kappa shape index (κ3) is 14.3. The summed E-state index contributed by atoms with van der Waals surface area (Å²) in [5.41, 5.74) is 4.19. The molecule has 1 nitrogen and oxygen atoms in total.